The predicted octanol–water partition coefficient (Wildman–Crippen LogP) is 2.05. The average molecular weight is 290 g/mol. The van der Waals surface area contributed by atoms with Crippen LogP contribution in [0.2, 0.25) is 0 Å². The van der Waals surface area contributed by atoms with Crippen LogP contribution in [0.15, 0.2) is 47.6 Å². The summed E-state index contributed by atoms with van der Waals surface area (Å²) in [6.07, 6.45) is 2.41. The van der Waals surface area contributed by atoms with Crippen molar-refractivity contribution in [3.63, 3.8) is 0 Å². The topological polar surface area (TPSA) is 76.1 Å². The number of pyridine rings is 1. The van der Waals surface area contributed by atoms with E-state index in [1.807, 2.05) is 19.1 Å². The van der Waals surface area contributed by atoms with E-state index in [0.717, 1.165) is 11.8 Å². The van der Waals surface area contributed by atoms with E-state index in [-0.39, 0.29) is 10.9 Å². The normalized spacial score (nSPS) is 11.1. The minimum absolute atomic E-state index is 0.0224. The maximum atomic E-state index is 12.0. The Kier molecular flexibility index (Phi) is 3.85. The van der Waals surface area contributed by atoms with Gasteiger partial charge < -0.3 is 5.32 Å². The molecule has 6 heteroatoms. The minimum Gasteiger partial charge on any atom is -0.321 e. The Morgan fingerprint density at radius 3 is 2.25 bits per heavy atom. The Morgan fingerprint density at radius 1 is 1.10 bits per heavy atom. The summed E-state index contributed by atoms with van der Waals surface area (Å²) in [5, 5.41) is 2.64. The van der Waals surface area contributed by atoms with E-state index < -0.39 is 9.84 Å². The molecular formula is C14H14N2O3S. The molecule has 0 bridgehead atoms. The van der Waals surface area contributed by atoms with Crippen molar-refractivity contribution in [3.05, 3.63) is 53.7 Å². The van der Waals surface area contributed by atoms with Crippen LogP contribution >= 0.6 is 0 Å². The molecule has 104 valence electrons. The van der Waals surface area contributed by atoms with Gasteiger partial charge in [-0.25, -0.2) is 13.4 Å². The number of nitrogens with one attached hydrogen (secondary N) is 1. The second-order valence-corrected chi connectivity index (χ2v) is 6.44. The third-order valence-corrected chi connectivity index (χ3v) is 3.69. The van der Waals surface area contributed by atoms with Crippen molar-refractivity contribution in [1.82, 2.24) is 4.98 Å². The van der Waals surface area contributed by atoms with Crippen molar-refractivity contribution >= 4 is 21.4 Å². The van der Waals surface area contributed by atoms with Crippen molar-refractivity contribution in [3.8, 4) is 0 Å². The molecule has 1 aromatic carbocycles. The molecule has 5 nitrogen and oxygen atoms in total. The first-order valence-corrected chi connectivity index (χ1v) is 7.79. The summed E-state index contributed by atoms with van der Waals surface area (Å²) in [5.41, 5.74) is 2.05. The van der Waals surface area contributed by atoms with E-state index in [1.165, 1.54) is 18.3 Å². The number of benzene rings is 1. The van der Waals surface area contributed by atoms with Crippen LogP contribution in [0, 0.1) is 6.92 Å². The van der Waals surface area contributed by atoms with Gasteiger partial charge in [-0.15, -0.1) is 0 Å². The number of rotatable bonds is 3. The molecule has 0 aliphatic carbocycles. The monoisotopic (exact) mass is 290 g/mol. The van der Waals surface area contributed by atoms with Gasteiger partial charge in [0.1, 0.15) is 0 Å². The first kappa shape index (κ1) is 14.2. The Balaban J connectivity index is 2.14. The van der Waals surface area contributed by atoms with Gasteiger partial charge in [0.2, 0.25) is 0 Å². The molecule has 1 heterocycles. The van der Waals surface area contributed by atoms with Gasteiger partial charge in [0.05, 0.1) is 11.9 Å². The number of nitrogens with zero attached hydrogens (tertiary/aromatic N) is 1. The number of sulfone groups is 1. The number of aromatic nitrogens is 1. The zero-order valence-electron chi connectivity index (χ0n) is 11.1. The van der Waals surface area contributed by atoms with E-state index in [2.05, 4.69) is 10.3 Å². The molecule has 0 atom stereocenters. The number of anilines is 1. The van der Waals surface area contributed by atoms with Crippen molar-refractivity contribution in [2.75, 3.05) is 11.6 Å². The number of aryl methyl sites for hydroxylation is 1. The molecule has 20 heavy (non-hydrogen) atoms. The first-order chi connectivity index (χ1) is 9.36. The highest BCUT2D eigenvalue weighted by Gasteiger charge is 2.10. The predicted molar refractivity (Wildman–Crippen MR) is 76.5 cm³/mol. The Hall–Kier alpha value is -2.21. The van der Waals surface area contributed by atoms with Gasteiger partial charge >= 0.3 is 0 Å². The number of amides is 1. The second-order valence-electron chi connectivity index (χ2n) is 4.48. The van der Waals surface area contributed by atoms with Crippen molar-refractivity contribution in [1.29, 1.82) is 0 Å². The van der Waals surface area contributed by atoms with E-state index in [4.69, 9.17) is 0 Å². The van der Waals surface area contributed by atoms with Gasteiger partial charge in [0.15, 0.2) is 14.9 Å². The molecule has 0 saturated heterocycles. The van der Waals surface area contributed by atoms with Crippen LogP contribution in [0.4, 0.5) is 5.69 Å². The molecule has 0 aliphatic heterocycles. The molecule has 2 aromatic rings. The molecular weight excluding hydrogens is 276 g/mol. The molecule has 2 rings (SSSR count). The summed E-state index contributed by atoms with van der Waals surface area (Å²) < 4.78 is 22.5. The Morgan fingerprint density at radius 2 is 1.75 bits per heavy atom. The molecule has 0 aliphatic rings. The van der Waals surface area contributed by atoms with E-state index in [1.54, 1.807) is 12.1 Å². The highest BCUT2D eigenvalue weighted by atomic mass is 32.2. The number of hydrogen-bond donors (Lipinski definition) is 1. The van der Waals surface area contributed by atoms with Crippen molar-refractivity contribution in [2.45, 2.75) is 11.9 Å². The highest BCUT2D eigenvalue weighted by molar-refractivity contribution is 7.90. The van der Waals surface area contributed by atoms with Crippen LogP contribution in [-0.2, 0) is 9.84 Å². The van der Waals surface area contributed by atoms with E-state index in [0.29, 0.717) is 11.3 Å². The van der Waals surface area contributed by atoms with E-state index in [9.17, 15) is 13.2 Å². The van der Waals surface area contributed by atoms with Gasteiger partial charge in [0.25, 0.3) is 5.91 Å². The molecule has 0 saturated carbocycles. The summed E-state index contributed by atoms with van der Waals surface area (Å²) in [6.45, 7) is 1.94. The molecule has 0 radical (unpaired) electrons. The fraction of sp³-hybridized carbons (Fsp3) is 0.143. The minimum atomic E-state index is -3.33. The maximum Gasteiger partial charge on any atom is 0.255 e. The summed E-state index contributed by atoms with van der Waals surface area (Å²) in [5.74, 6) is -0.265. The lowest BCUT2D eigenvalue weighted by Crippen LogP contribution is -2.12. The molecule has 0 fully saturated rings. The SMILES string of the molecule is Cc1ccc(C(=O)Nc2ccc(S(C)(=O)=O)nc2)cc1. The maximum absolute atomic E-state index is 12.0. The van der Waals surface area contributed by atoms with Crippen LogP contribution in [0.1, 0.15) is 15.9 Å². The molecule has 1 aromatic heterocycles. The quantitative estimate of drug-likeness (QED) is 0.938. The molecule has 0 unspecified atom stereocenters. The summed E-state index contributed by atoms with van der Waals surface area (Å²) in [6, 6.07) is 10.0. The number of carbonyl (C=O) groups is 1. The number of hydrogen-bond acceptors (Lipinski definition) is 4. The molecule has 1 N–H and O–H groups in total. The first-order valence-electron chi connectivity index (χ1n) is 5.90. The zero-order chi connectivity index (χ0) is 14.8. The summed E-state index contributed by atoms with van der Waals surface area (Å²) in [7, 11) is -3.33. The van der Waals surface area contributed by atoms with Gasteiger partial charge in [-0.3, -0.25) is 4.79 Å². The smallest absolute Gasteiger partial charge is 0.255 e. The lowest BCUT2D eigenvalue weighted by molar-refractivity contribution is 0.102. The van der Waals surface area contributed by atoms with Crippen molar-refractivity contribution < 1.29 is 13.2 Å². The average Bonchev–Trinajstić information content (AvgIpc) is 2.39. The van der Waals surface area contributed by atoms with Gasteiger partial charge in [-0.1, -0.05) is 17.7 Å². The van der Waals surface area contributed by atoms with Crippen LogP contribution in [-0.4, -0.2) is 25.6 Å². The van der Waals surface area contributed by atoms with Crippen LogP contribution in [0.3, 0.4) is 0 Å². The fourth-order valence-electron chi connectivity index (χ4n) is 1.58. The third kappa shape index (κ3) is 3.42. The van der Waals surface area contributed by atoms with Crippen LogP contribution in [0.25, 0.3) is 0 Å². The standard InChI is InChI=1S/C14H14N2O3S/c1-10-3-5-11(6-4-10)14(17)16-12-7-8-13(15-9-12)20(2,18)19/h3-9H,1-2H3,(H,16,17). The van der Waals surface area contributed by atoms with Crippen molar-refractivity contribution in [2.24, 2.45) is 0 Å². The third-order valence-electron chi connectivity index (χ3n) is 2.69. The Bertz CT molecular complexity index is 720. The highest BCUT2D eigenvalue weighted by Crippen LogP contribution is 2.12. The lowest BCUT2D eigenvalue weighted by Gasteiger charge is -2.05. The molecule has 1 amide bonds. The van der Waals surface area contributed by atoms with Gasteiger partial charge in [-0.2, -0.15) is 0 Å². The number of carbonyl (C=O) groups excluding carboxylic acids is 1. The largest absolute Gasteiger partial charge is 0.321 e. The Labute approximate surface area is 117 Å². The van der Waals surface area contributed by atoms with Crippen LogP contribution < -0.4 is 5.32 Å². The molecule has 0 spiro atoms. The fourth-order valence-corrected chi connectivity index (χ4v) is 2.14. The van der Waals surface area contributed by atoms with E-state index >= 15 is 0 Å². The lowest BCUT2D eigenvalue weighted by atomic mass is 10.1. The summed E-state index contributed by atoms with van der Waals surface area (Å²) >= 11 is 0. The zero-order valence-corrected chi connectivity index (χ0v) is 11.9. The van der Waals surface area contributed by atoms with Gasteiger partial charge in [-0.05, 0) is 31.2 Å². The van der Waals surface area contributed by atoms with Gasteiger partial charge in [0, 0.05) is 11.8 Å². The second kappa shape index (κ2) is 5.42. The van der Waals surface area contributed by atoms with Crippen LogP contribution in [0.5, 0.6) is 0 Å². The summed E-state index contributed by atoms with van der Waals surface area (Å²) in [4.78, 5) is 15.8.